The van der Waals surface area contributed by atoms with Crippen molar-refractivity contribution in [2.24, 2.45) is 0 Å². The average Bonchev–Trinajstić information content (AvgIpc) is 3.20. The number of anilines is 1. The second-order valence-electron chi connectivity index (χ2n) is 6.33. The fourth-order valence-electron chi connectivity index (χ4n) is 2.67. The molecule has 0 aliphatic heterocycles. The Morgan fingerprint density at radius 2 is 1.73 bits per heavy atom. The monoisotopic (exact) mass is 438 g/mol. The van der Waals surface area contributed by atoms with Crippen molar-refractivity contribution >= 4 is 21.6 Å². The molecular weight excluding hydrogens is 421 g/mol. The average molecular weight is 438 g/mol. The third-order valence-electron chi connectivity index (χ3n) is 4.28. The summed E-state index contributed by atoms with van der Waals surface area (Å²) >= 11 is 0. The van der Waals surface area contributed by atoms with E-state index < -0.39 is 27.8 Å². The molecule has 3 rings (SSSR count). The first-order valence-corrected chi connectivity index (χ1v) is 10.1. The van der Waals surface area contributed by atoms with Gasteiger partial charge in [-0.1, -0.05) is 6.07 Å². The molecular formula is C19H17F3N4O3S. The van der Waals surface area contributed by atoms with E-state index in [9.17, 15) is 26.4 Å². The number of carbonyl (C=O) groups is 1. The highest BCUT2D eigenvalue weighted by atomic mass is 32.2. The number of amides is 1. The lowest BCUT2D eigenvalue weighted by atomic mass is 10.1. The van der Waals surface area contributed by atoms with Crippen LogP contribution in [0.3, 0.4) is 0 Å². The van der Waals surface area contributed by atoms with E-state index in [1.165, 1.54) is 43.6 Å². The molecule has 1 amide bonds. The van der Waals surface area contributed by atoms with Gasteiger partial charge in [-0.3, -0.25) is 4.79 Å². The molecule has 30 heavy (non-hydrogen) atoms. The largest absolute Gasteiger partial charge is 0.435 e. The van der Waals surface area contributed by atoms with Crippen LogP contribution in [0, 0.1) is 6.92 Å². The number of halogens is 3. The van der Waals surface area contributed by atoms with E-state index in [1.54, 1.807) is 19.1 Å². The number of benzene rings is 2. The van der Waals surface area contributed by atoms with E-state index in [0.29, 0.717) is 11.3 Å². The third kappa shape index (κ3) is 4.52. The summed E-state index contributed by atoms with van der Waals surface area (Å²) in [5.74, 6) is -0.505. The number of aromatic nitrogens is 2. The maximum atomic E-state index is 12.7. The van der Waals surface area contributed by atoms with Crippen molar-refractivity contribution in [2.45, 2.75) is 18.0 Å². The summed E-state index contributed by atoms with van der Waals surface area (Å²) in [6.45, 7) is 1.63. The van der Waals surface area contributed by atoms with Gasteiger partial charge in [0.2, 0.25) is 10.0 Å². The van der Waals surface area contributed by atoms with Crippen LogP contribution in [-0.2, 0) is 16.2 Å². The van der Waals surface area contributed by atoms with Crippen molar-refractivity contribution in [2.75, 3.05) is 12.4 Å². The van der Waals surface area contributed by atoms with Crippen molar-refractivity contribution in [3.63, 3.8) is 0 Å². The van der Waals surface area contributed by atoms with Gasteiger partial charge in [0.15, 0.2) is 5.69 Å². The zero-order chi connectivity index (χ0) is 22.1. The second kappa shape index (κ2) is 7.92. The number of hydrogen-bond donors (Lipinski definition) is 2. The van der Waals surface area contributed by atoms with Gasteiger partial charge in [-0.25, -0.2) is 17.8 Å². The summed E-state index contributed by atoms with van der Waals surface area (Å²) < 4.78 is 65.4. The topological polar surface area (TPSA) is 93.1 Å². The number of rotatable bonds is 5. The SMILES string of the molecule is CNS(=O)(=O)c1cc(NC(=O)c2ccc(-n3ccc(C(F)(F)F)n3)cc2)ccc1C. The minimum atomic E-state index is -4.54. The number of aryl methyl sites for hydroxylation is 1. The van der Waals surface area contributed by atoms with E-state index in [1.807, 2.05) is 0 Å². The molecule has 1 heterocycles. The summed E-state index contributed by atoms with van der Waals surface area (Å²) in [7, 11) is -2.40. The smallest absolute Gasteiger partial charge is 0.322 e. The molecule has 0 spiro atoms. The molecule has 1 aromatic heterocycles. The summed E-state index contributed by atoms with van der Waals surface area (Å²) in [5, 5.41) is 6.07. The molecule has 0 saturated carbocycles. The van der Waals surface area contributed by atoms with E-state index in [4.69, 9.17) is 0 Å². The van der Waals surface area contributed by atoms with Gasteiger partial charge in [0.25, 0.3) is 5.91 Å². The Kier molecular flexibility index (Phi) is 5.68. The van der Waals surface area contributed by atoms with Crippen LogP contribution >= 0.6 is 0 Å². The van der Waals surface area contributed by atoms with E-state index in [-0.39, 0.29) is 16.1 Å². The molecule has 0 aliphatic carbocycles. The number of sulfonamides is 1. The van der Waals surface area contributed by atoms with Crippen LogP contribution in [0.4, 0.5) is 18.9 Å². The fraction of sp³-hybridized carbons (Fsp3) is 0.158. The lowest BCUT2D eigenvalue weighted by Gasteiger charge is -2.11. The number of alkyl halides is 3. The molecule has 0 unspecified atom stereocenters. The molecule has 0 fully saturated rings. The van der Waals surface area contributed by atoms with Gasteiger partial charge >= 0.3 is 6.18 Å². The Balaban J connectivity index is 1.79. The normalized spacial score (nSPS) is 12.0. The Morgan fingerprint density at radius 1 is 1.07 bits per heavy atom. The highest BCUT2D eigenvalue weighted by molar-refractivity contribution is 7.89. The van der Waals surface area contributed by atoms with Gasteiger partial charge in [-0.05, 0) is 62.0 Å². The van der Waals surface area contributed by atoms with Gasteiger partial charge in [0, 0.05) is 17.4 Å². The van der Waals surface area contributed by atoms with Crippen LogP contribution in [-0.4, -0.2) is 31.2 Å². The van der Waals surface area contributed by atoms with Gasteiger partial charge in [0.1, 0.15) is 0 Å². The highest BCUT2D eigenvalue weighted by Crippen LogP contribution is 2.28. The lowest BCUT2D eigenvalue weighted by molar-refractivity contribution is -0.141. The summed E-state index contributed by atoms with van der Waals surface area (Å²) in [5.41, 5.74) is 0.367. The first-order valence-electron chi connectivity index (χ1n) is 8.60. The summed E-state index contributed by atoms with van der Waals surface area (Å²) in [4.78, 5) is 12.5. The predicted molar refractivity (Wildman–Crippen MR) is 104 cm³/mol. The Labute approximate surface area is 170 Å². The van der Waals surface area contributed by atoms with Crippen LogP contribution in [0.1, 0.15) is 21.6 Å². The molecule has 11 heteroatoms. The molecule has 158 valence electrons. The zero-order valence-electron chi connectivity index (χ0n) is 15.9. The van der Waals surface area contributed by atoms with Crippen LogP contribution in [0.5, 0.6) is 0 Å². The quantitative estimate of drug-likeness (QED) is 0.639. The first-order chi connectivity index (χ1) is 14.0. The molecule has 0 bridgehead atoms. The van der Waals surface area contributed by atoms with Crippen LogP contribution < -0.4 is 10.0 Å². The van der Waals surface area contributed by atoms with Crippen LogP contribution in [0.2, 0.25) is 0 Å². The molecule has 0 saturated heterocycles. The molecule has 2 N–H and O–H groups in total. The Morgan fingerprint density at radius 3 is 2.30 bits per heavy atom. The third-order valence-corrected chi connectivity index (χ3v) is 5.83. The van der Waals surface area contributed by atoms with Gasteiger partial charge in [-0.15, -0.1) is 0 Å². The van der Waals surface area contributed by atoms with Crippen molar-refractivity contribution in [3.05, 3.63) is 71.5 Å². The van der Waals surface area contributed by atoms with Gasteiger partial charge < -0.3 is 5.32 Å². The number of hydrogen-bond acceptors (Lipinski definition) is 4. The summed E-state index contributed by atoms with van der Waals surface area (Å²) in [6, 6.07) is 11.1. The maximum Gasteiger partial charge on any atom is 0.435 e. The minimum Gasteiger partial charge on any atom is -0.322 e. The van der Waals surface area contributed by atoms with E-state index in [2.05, 4.69) is 15.1 Å². The maximum absolute atomic E-state index is 12.7. The zero-order valence-corrected chi connectivity index (χ0v) is 16.7. The van der Waals surface area contributed by atoms with E-state index in [0.717, 1.165) is 10.7 Å². The molecule has 2 aromatic carbocycles. The van der Waals surface area contributed by atoms with Crippen LogP contribution in [0.15, 0.2) is 59.6 Å². The van der Waals surface area contributed by atoms with Crippen molar-refractivity contribution in [1.29, 1.82) is 0 Å². The minimum absolute atomic E-state index is 0.0392. The standard InChI is InChI=1S/C19H17F3N4O3S/c1-12-3-6-14(11-16(12)30(28,29)23-2)24-18(27)13-4-7-15(8-5-13)26-10-9-17(25-26)19(20,21)22/h3-11,23H,1-2H3,(H,24,27). The second-order valence-corrected chi connectivity index (χ2v) is 8.19. The number of nitrogens with zero attached hydrogens (tertiary/aromatic N) is 2. The molecule has 0 aliphatic rings. The summed E-state index contributed by atoms with van der Waals surface area (Å²) in [6.07, 6.45) is -3.37. The Bertz CT molecular complexity index is 1190. The number of nitrogens with one attached hydrogen (secondary N) is 2. The Hall–Kier alpha value is -3.18. The van der Waals surface area contributed by atoms with Gasteiger partial charge in [-0.2, -0.15) is 18.3 Å². The lowest BCUT2D eigenvalue weighted by Crippen LogP contribution is -2.20. The molecule has 0 atom stereocenters. The molecule has 3 aromatic rings. The van der Waals surface area contributed by atoms with Crippen LogP contribution in [0.25, 0.3) is 5.69 Å². The molecule has 7 nitrogen and oxygen atoms in total. The van der Waals surface area contributed by atoms with Crippen molar-refractivity contribution in [3.8, 4) is 5.69 Å². The van der Waals surface area contributed by atoms with Crippen molar-refractivity contribution in [1.82, 2.24) is 14.5 Å². The predicted octanol–water partition coefficient (Wildman–Crippen LogP) is 3.36. The van der Waals surface area contributed by atoms with Crippen molar-refractivity contribution < 1.29 is 26.4 Å². The van der Waals surface area contributed by atoms with Gasteiger partial charge in [0.05, 0.1) is 10.6 Å². The fourth-order valence-corrected chi connectivity index (χ4v) is 3.66. The van der Waals surface area contributed by atoms with E-state index >= 15 is 0 Å². The first kappa shape index (κ1) is 21.5. The number of carbonyl (C=O) groups excluding carboxylic acids is 1. The highest BCUT2D eigenvalue weighted by Gasteiger charge is 2.33. The molecule has 0 radical (unpaired) electrons.